The van der Waals surface area contributed by atoms with E-state index in [1.165, 1.54) is 0 Å². The van der Waals surface area contributed by atoms with Crippen molar-refractivity contribution >= 4 is 6.29 Å². The number of carbonyl (C=O) groups excluding carboxylic acids is 1. The highest BCUT2D eigenvalue weighted by molar-refractivity contribution is 5.57. The van der Waals surface area contributed by atoms with Gasteiger partial charge in [0.05, 0.1) is 27.2 Å². The van der Waals surface area contributed by atoms with Crippen LogP contribution in [0, 0.1) is 0 Å². The van der Waals surface area contributed by atoms with Crippen LogP contribution in [0.3, 0.4) is 0 Å². The molecular weight excluding hydrogens is 204 g/mol. The molecule has 0 spiro atoms. The van der Waals surface area contributed by atoms with E-state index in [4.69, 9.17) is 4.84 Å². The third-order valence-corrected chi connectivity index (χ3v) is 2.78. The molecule has 0 radical (unpaired) electrons. The zero-order chi connectivity index (χ0) is 12.4. The van der Waals surface area contributed by atoms with Gasteiger partial charge in [-0.2, -0.15) is 4.65 Å². The maximum absolute atomic E-state index is 10.8. The number of quaternary nitrogens is 1. The van der Waals surface area contributed by atoms with Gasteiger partial charge < -0.3 is 10.1 Å². The molecule has 0 saturated carbocycles. The summed E-state index contributed by atoms with van der Waals surface area (Å²) >= 11 is 0. The third-order valence-electron chi connectivity index (χ3n) is 2.78. The number of hydrogen-bond acceptors (Lipinski definition) is 3. The number of unbranched alkanes of at least 4 members (excludes halogenated alkanes) is 1. The predicted molar refractivity (Wildman–Crippen MR) is 66.0 cm³/mol. The van der Waals surface area contributed by atoms with Gasteiger partial charge in [0, 0.05) is 0 Å². The minimum Gasteiger partial charge on any atom is -0.308 e. The Balaban J connectivity index is 3.59. The van der Waals surface area contributed by atoms with E-state index in [-0.39, 0.29) is 6.04 Å². The molecular formula is C12H27N2O2+. The first-order valence-electron chi connectivity index (χ1n) is 6.13. The van der Waals surface area contributed by atoms with Crippen LogP contribution in [0.25, 0.3) is 0 Å². The van der Waals surface area contributed by atoms with Crippen LogP contribution in [0.4, 0.5) is 0 Å². The summed E-state index contributed by atoms with van der Waals surface area (Å²) in [7, 11) is 5.79. The molecule has 0 unspecified atom stereocenters. The second-order valence-electron chi connectivity index (χ2n) is 4.67. The first kappa shape index (κ1) is 15.6. The van der Waals surface area contributed by atoms with Crippen molar-refractivity contribution < 1.29 is 14.3 Å². The molecule has 0 aromatic rings. The summed E-state index contributed by atoms with van der Waals surface area (Å²) in [5, 5.41) is 3.23. The smallest absolute Gasteiger partial charge is 0.136 e. The van der Waals surface area contributed by atoms with Crippen LogP contribution >= 0.6 is 0 Å². The quantitative estimate of drug-likeness (QED) is 0.267. The fourth-order valence-corrected chi connectivity index (χ4v) is 1.50. The minimum absolute atomic E-state index is 0.0260. The minimum atomic E-state index is 0.0260. The molecule has 0 aliphatic carbocycles. The Labute approximate surface area is 99.5 Å². The van der Waals surface area contributed by atoms with Gasteiger partial charge in [-0.15, -0.1) is 0 Å². The highest BCUT2D eigenvalue weighted by Gasteiger charge is 2.14. The zero-order valence-electron chi connectivity index (χ0n) is 11.2. The Morgan fingerprint density at radius 1 is 1.38 bits per heavy atom. The van der Waals surface area contributed by atoms with E-state index in [1.54, 1.807) is 7.11 Å². The van der Waals surface area contributed by atoms with Gasteiger partial charge in [0.2, 0.25) is 0 Å². The molecule has 1 atom stereocenters. The van der Waals surface area contributed by atoms with E-state index in [0.717, 1.165) is 45.1 Å². The molecule has 0 fully saturated rings. The van der Waals surface area contributed by atoms with Crippen molar-refractivity contribution in [1.29, 1.82) is 0 Å². The fraction of sp³-hybridized carbons (Fsp3) is 0.917. The molecule has 0 bridgehead atoms. The van der Waals surface area contributed by atoms with Gasteiger partial charge in [-0.25, -0.2) is 4.84 Å². The number of carbonyl (C=O) groups is 1. The summed E-state index contributed by atoms with van der Waals surface area (Å²) in [4.78, 5) is 16.1. The van der Waals surface area contributed by atoms with Crippen LogP contribution in [-0.4, -0.2) is 51.3 Å². The van der Waals surface area contributed by atoms with E-state index in [1.807, 2.05) is 14.1 Å². The highest BCUT2D eigenvalue weighted by atomic mass is 16.7. The Hall–Kier alpha value is -0.450. The standard InChI is InChI=1S/C12H27N2O2/c1-5-9-13-12(11-15)8-6-7-10-14(2,3)16-4/h11-13H,5-10H2,1-4H3/q+1/t12-/m0/s1. The fourth-order valence-electron chi connectivity index (χ4n) is 1.50. The topological polar surface area (TPSA) is 38.3 Å². The van der Waals surface area contributed by atoms with Crippen molar-refractivity contribution in [2.75, 3.05) is 34.3 Å². The summed E-state index contributed by atoms with van der Waals surface area (Å²) in [6.07, 6.45) is 5.15. The lowest BCUT2D eigenvalue weighted by Gasteiger charge is -2.24. The molecule has 0 aliphatic heterocycles. The molecule has 4 heteroatoms. The van der Waals surface area contributed by atoms with Gasteiger partial charge in [-0.05, 0) is 32.2 Å². The van der Waals surface area contributed by atoms with Crippen LogP contribution in [0.2, 0.25) is 0 Å². The molecule has 4 nitrogen and oxygen atoms in total. The Kier molecular flexibility index (Phi) is 8.43. The number of nitrogens with one attached hydrogen (secondary N) is 1. The molecule has 0 aromatic heterocycles. The van der Waals surface area contributed by atoms with E-state index in [2.05, 4.69) is 12.2 Å². The number of hydroxylamine groups is 3. The third kappa shape index (κ3) is 7.79. The van der Waals surface area contributed by atoms with Crippen LogP contribution in [0.1, 0.15) is 32.6 Å². The lowest BCUT2D eigenvalue weighted by molar-refractivity contribution is -1.07. The largest absolute Gasteiger partial charge is 0.308 e. The number of nitrogens with zero attached hydrogens (tertiary/aromatic N) is 1. The molecule has 0 heterocycles. The average Bonchev–Trinajstić information content (AvgIpc) is 2.28. The molecule has 0 amide bonds. The first-order chi connectivity index (χ1) is 7.55. The molecule has 0 aliphatic rings. The second-order valence-corrected chi connectivity index (χ2v) is 4.67. The van der Waals surface area contributed by atoms with Crippen molar-refractivity contribution in [3.05, 3.63) is 0 Å². The maximum atomic E-state index is 10.8. The van der Waals surface area contributed by atoms with E-state index >= 15 is 0 Å². The monoisotopic (exact) mass is 231 g/mol. The molecule has 0 saturated heterocycles. The van der Waals surface area contributed by atoms with Gasteiger partial charge in [0.1, 0.15) is 12.8 Å². The van der Waals surface area contributed by atoms with Crippen molar-refractivity contribution in [3.8, 4) is 0 Å². The van der Waals surface area contributed by atoms with Crippen molar-refractivity contribution in [3.63, 3.8) is 0 Å². The molecule has 1 N–H and O–H groups in total. The van der Waals surface area contributed by atoms with E-state index in [0.29, 0.717) is 4.65 Å². The Morgan fingerprint density at radius 2 is 2.06 bits per heavy atom. The predicted octanol–water partition coefficient (Wildman–Crippen LogP) is 1.36. The summed E-state index contributed by atoms with van der Waals surface area (Å²) in [5.41, 5.74) is 0. The van der Waals surface area contributed by atoms with Gasteiger partial charge in [-0.3, -0.25) is 0 Å². The molecule has 96 valence electrons. The lowest BCUT2D eigenvalue weighted by Crippen LogP contribution is -2.39. The van der Waals surface area contributed by atoms with Crippen LogP contribution < -0.4 is 5.32 Å². The van der Waals surface area contributed by atoms with E-state index < -0.39 is 0 Å². The first-order valence-corrected chi connectivity index (χ1v) is 6.13. The number of rotatable bonds is 10. The molecule has 0 rings (SSSR count). The van der Waals surface area contributed by atoms with Gasteiger partial charge in [0.25, 0.3) is 0 Å². The Bertz CT molecular complexity index is 184. The SMILES string of the molecule is CCCN[C@H](C=O)CCCC[N+](C)(C)OC. The van der Waals surface area contributed by atoms with Crippen molar-refractivity contribution in [1.82, 2.24) is 5.32 Å². The highest BCUT2D eigenvalue weighted by Crippen LogP contribution is 2.05. The Morgan fingerprint density at radius 3 is 2.56 bits per heavy atom. The van der Waals surface area contributed by atoms with Crippen LogP contribution in [0.15, 0.2) is 0 Å². The van der Waals surface area contributed by atoms with Crippen LogP contribution in [-0.2, 0) is 9.63 Å². The van der Waals surface area contributed by atoms with Gasteiger partial charge >= 0.3 is 0 Å². The summed E-state index contributed by atoms with van der Waals surface area (Å²) < 4.78 is 0.578. The van der Waals surface area contributed by atoms with Gasteiger partial charge in [-0.1, -0.05) is 6.92 Å². The molecule has 0 aromatic carbocycles. The summed E-state index contributed by atoms with van der Waals surface area (Å²) in [5.74, 6) is 0. The number of hydrogen-bond donors (Lipinski definition) is 1. The normalized spacial score (nSPS) is 13.8. The second kappa shape index (κ2) is 8.67. The maximum Gasteiger partial charge on any atom is 0.136 e. The summed E-state index contributed by atoms with van der Waals surface area (Å²) in [6.45, 7) is 4.01. The van der Waals surface area contributed by atoms with E-state index in [9.17, 15) is 4.79 Å². The lowest BCUT2D eigenvalue weighted by atomic mass is 10.1. The zero-order valence-corrected chi connectivity index (χ0v) is 11.2. The van der Waals surface area contributed by atoms with Crippen molar-refractivity contribution in [2.45, 2.75) is 38.6 Å². The number of aldehydes is 1. The summed E-state index contributed by atoms with van der Waals surface area (Å²) in [6, 6.07) is 0.0260. The molecule has 16 heavy (non-hydrogen) atoms. The average molecular weight is 231 g/mol. The van der Waals surface area contributed by atoms with Crippen molar-refractivity contribution in [2.24, 2.45) is 0 Å². The van der Waals surface area contributed by atoms with Crippen LogP contribution in [0.5, 0.6) is 0 Å². The van der Waals surface area contributed by atoms with Gasteiger partial charge in [0.15, 0.2) is 0 Å².